The van der Waals surface area contributed by atoms with E-state index in [-0.39, 0.29) is 17.0 Å². The van der Waals surface area contributed by atoms with E-state index in [1.165, 1.54) is 32.7 Å². The minimum atomic E-state index is -5.54. The summed E-state index contributed by atoms with van der Waals surface area (Å²) in [5.74, 6) is -1.79. The molecule has 0 bridgehead atoms. The van der Waals surface area contributed by atoms with Crippen molar-refractivity contribution >= 4 is 40.1 Å². The van der Waals surface area contributed by atoms with Crippen LogP contribution < -0.4 is 0 Å². The Morgan fingerprint density at radius 3 is 1.93 bits per heavy atom. The molecule has 326 valence electrons. The highest BCUT2D eigenvalue weighted by molar-refractivity contribution is 7.99. The lowest BCUT2D eigenvalue weighted by molar-refractivity contribution is -0.284. The number of hydrogen-bond acceptors (Lipinski definition) is 5. The van der Waals surface area contributed by atoms with E-state index in [1.54, 1.807) is 17.8 Å². The minimum absolute atomic E-state index is 0.00171. The smallest absolute Gasteiger partial charge is 0.453 e. The number of aromatic hydroxyl groups is 1. The number of benzene rings is 4. The number of hydrogen-bond donors (Lipinski definition) is 1. The Bertz CT molecular complexity index is 2100. The molecule has 0 aromatic heterocycles. The molecule has 6 rings (SSSR count). The van der Waals surface area contributed by atoms with Crippen LogP contribution in [0.4, 0.5) is 22.0 Å². The number of phenolic OH excluding ortho intramolecular Hbond substituents is 1. The molecule has 0 aliphatic carbocycles. The highest BCUT2D eigenvalue weighted by Crippen LogP contribution is 2.53. The topological polar surface area (TPSA) is 54.4 Å². The molecule has 60 heavy (non-hydrogen) atoms. The SMILES string of the molecule is Cc1ccc2c(c1)SCC(C)(c1ccccc1C)C2=O.Cc1ccccc1[C@@]1(C)CSc2cc(O)ccc2[C@H]1CCCCCCCCCS(=O)CCCC(F)(F)C(F)(F)F. The standard InChI is InChI=1S/C31H41F5O2S2.C18H18OS/c1-23-13-9-10-14-26(23)29(2)22-39-28-21-24(37)16-17-25(28)27(29)15-8-6-4-3-5-7-11-19-40(38)20-12-18-30(32,33)31(34,35)36;1-12-8-9-14-16(10-12)20-11-18(3,17(14)19)15-7-5-4-6-13(15)2/h9-10,13-14,16-17,21,27,37H,3-8,11-12,15,18-20,22H2,1-2H3;4-10H,11H2,1-3H3/t27-,29-,40?;/m1./s1. The van der Waals surface area contributed by atoms with E-state index in [0.717, 1.165) is 72.5 Å². The van der Waals surface area contributed by atoms with Gasteiger partial charge in [-0.1, -0.05) is 106 Å². The summed E-state index contributed by atoms with van der Waals surface area (Å²) < 4.78 is 74.5. The molecule has 11 heteroatoms. The lowest BCUT2D eigenvalue weighted by atomic mass is 9.67. The summed E-state index contributed by atoms with van der Waals surface area (Å²) in [6, 6.07) is 28.7. The van der Waals surface area contributed by atoms with Crippen molar-refractivity contribution in [3.8, 4) is 5.75 Å². The van der Waals surface area contributed by atoms with Gasteiger partial charge in [-0.25, -0.2) is 0 Å². The fraction of sp³-hybridized carbons (Fsp3) is 0.490. The third kappa shape index (κ3) is 11.6. The largest absolute Gasteiger partial charge is 0.508 e. The van der Waals surface area contributed by atoms with Crippen LogP contribution in [0.15, 0.2) is 94.7 Å². The van der Waals surface area contributed by atoms with Gasteiger partial charge in [0.05, 0.1) is 5.41 Å². The number of halogens is 5. The van der Waals surface area contributed by atoms with Crippen LogP contribution in [0.1, 0.15) is 128 Å². The molecule has 2 heterocycles. The Morgan fingerprint density at radius 2 is 1.28 bits per heavy atom. The zero-order valence-electron chi connectivity index (χ0n) is 35.4. The van der Waals surface area contributed by atoms with Crippen molar-refractivity contribution in [2.75, 3.05) is 23.0 Å². The van der Waals surface area contributed by atoms with Crippen LogP contribution in [0, 0.1) is 20.8 Å². The zero-order chi connectivity index (χ0) is 43.7. The first-order valence-electron chi connectivity index (χ1n) is 21.0. The highest BCUT2D eigenvalue weighted by Gasteiger charge is 2.56. The fourth-order valence-corrected chi connectivity index (χ4v) is 12.6. The summed E-state index contributed by atoms with van der Waals surface area (Å²) in [7, 11) is -1.36. The zero-order valence-corrected chi connectivity index (χ0v) is 37.9. The van der Waals surface area contributed by atoms with Gasteiger partial charge in [0.2, 0.25) is 0 Å². The summed E-state index contributed by atoms with van der Waals surface area (Å²) in [6.07, 6.45) is 0.760. The predicted molar refractivity (Wildman–Crippen MR) is 240 cm³/mol. The Kier molecular flexibility index (Phi) is 16.6. The maximum absolute atomic E-state index is 13.0. The number of carbonyl (C=O) groups is 1. The first-order chi connectivity index (χ1) is 28.4. The maximum atomic E-state index is 13.0. The summed E-state index contributed by atoms with van der Waals surface area (Å²) in [5, 5.41) is 10.0. The van der Waals surface area contributed by atoms with Crippen LogP contribution in [0.5, 0.6) is 5.75 Å². The van der Waals surface area contributed by atoms with Crippen LogP contribution in [0.3, 0.4) is 0 Å². The average molecular weight is 887 g/mol. The van der Waals surface area contributed by atoms with Gasteiger partial charge in [0.25, 0.3) is 0 Å². The molecule has 4 atom stereocenters. The molecule has 1 N–H and O–H groups in total. The Balaban J connectivity index is 0.000000283. The molecular formula is C49H59F5O3S3. The summed E-state index contributed by atoms with van der Waals surface area (Å²) >= 11 is 3.62. The summed E-state index contributed by atoms with van der Waals surface area (Å²) in [5.41, 5.74) is 8.02. The van der Waals surface area contributed by atoms with Crippen LogP contribution in [-0.4, -0.2) is 50.2 Å². The van der Waals surface area contributed by atoms with Crippen LogP contribution >= 0.6 is 23.5 Å². The van der Waals surface area contributed by atoms with Crippen molar-refractivity contribution in [3.05, 3.63) is 124 Å². The molecule has 2 aliphatic rings. The molecule has 4 aromatic rings. The summed E-state index contributed by atoms with van der Waals surface area (Å²) in [4.78, 5) is 15.3. The van der Waals surface area contributed by atoms with Gasteiger partial charge in [-0.3, -0.25) is 9.00 Å². The number of thioether (sulfide) groups is 2. The third-order valence-electron chi connectivity index (χ3n) is 12.2. The molecule has 0 radical (unpaired) electrons. The number of aryl methyl sites for hydroxylation is 3. The lowest BCUT2D eigenvalue weighted by Gasteiger charge is -2.44. The van der Waals surface area contributed by atoms with Crippen LogP contribution in [0.25, 0.3) is 0 Å². The summed E-state index contributed by atoms with van der Waals surface area (Å²) in [6.45, 7) is 10.8. The first-order valence-corrected chi connectivity index (χ1v) is 24.5. The van der Waals surface area contributed by atoms with Crippen molar-refractivity contribution in [2.45, 2.75) is 137 Å². The number of unbranched alkanes of at least 4 members (excludes halogenated alkanes) is 6. The van der Waals surface area contributed by atoms with E-state index >= 15 is 0 Å². The second-order valence-electron chi connectivity index (χ2n) is 17.0. The van der Waals surface area contributed by atoms with E-state index in [2.05, 4.69) is 83.1 Å². The van der Waals surface area contributed by atoms with E-state index in [9.17, 15) is 36.1 Å². The molecular weight excluding hydrogens is 828 g/mol. The maximum Gasteiger partial charge on any atom is 0.453 e. The van der Waals surface area contributed by atoms with Crippen molar-refractivity contribution in [1.29, 1.82) is 0 Å². The number of fused-ring (bicyclic) bond motifs is 2. The molecule has 0 spiro atoms. The third-order valence-corrected chi connectivity index (χ3v) is 16.5. The van der Waals surface area contributed by atoms with E-state index < -0.39 is 41.2 Å². The number of carbonyl (C=O) groups excluding carboxylic acids is 1. The lowest BCUT2D eigenvalue weighted by Crippen LogP contribution is -2.38. The number of ketones is 1. The van der Waals surface area contributed by atoms with Crippen molar-refractivity contribution in [2.24, 2.45) is 0 Å². The van der Waals surface area contributed by atoms with E-state index in [4.69, 9.17) is 0 Å². The average Bonchev–Trinajstić information content (AvgIpc) is 3.19. The molecule has 2 unspecified atom stereocenters. The molecule has 0 fully saturated rings. The molecule has 3 nitrogen and oxygen atoms in total. The van der Waals surface area contributed by atoms with Crippen molar-refractivity contribution < 1.29 is 36.1 Å². The fourth-order valence-electron chi connectivity index (χ4n) is 8.67. The molecule has 0 amide bonds. The molecule has 0 saturated heterocycles. The highest BCUT2D eigenvalue weighted by atomic mass is 32.2. The van der Waals surface area contributed by atoms with E-state index in [1.807, 2.05) is 42.1 Å². The first kappa shape index (κ1) is 47.9. The predicted octanol–water partition coefficient (Wildman–Crippen LogP) is 14.2. The Labute approximate surface area is 364 Å². The van der Waals surface area contributed by atoms with Gasteiger partial charge >= 0.3 is 12.1 Å². The van der Waals surface area contributed by atoms with Gasteiger partial charge < -0.3 is 5.11 Å². The second kappa shape index (κ2) is 20.8. The van der Waals surface area contributed by atoms with Gasteiger partial charge in [-0.2, -0.15) is 22.0 Å². The van der Waals surface area contributed by atoms with Crippen molar-refractivity contribution in [3.63, 3.8) is 0 Å². The van der Waals surface area contributed by atoms with Crippen LogP contribution in [-0.2, 0) is 21.6 Å². The van der Waals surface area contributed by atoms with Gasteiger partial charge in [-0.05, 0) is 111 Å². The molecule has 4 aromatic carbocycles. The Hall–Kier alpha value is -3.15. The second-order valence-corrected chi connectivity index (χ2v) is 20.7. The molecule has 0 saturated carbocycles. The normalized spacial score (nSPS) is 20.8. The quantitative estimate of drug-likeness (QED) is 0.0897. The number of phenols is 1. The number of alkyl halides is 5. The number of Topliss-reactive ketones (excluding diaryl/α,β-unsaturated/α-hetero) is 1. The van der Waals surface area contributed by atoms with Crippen molar-refractivity contribution in [1.82, 2.24) is 0 Å². The van der Waals surface area contributed by atoms with E-state index in [0.29, 0.717) is 23.8 Å². The van der Waals surface area contributed by atoms with Gasteiger partial charge in [0, 0.05) is 61.0 Å². The molecule has 2 aliphatic heterocycles. The van der Waals surface area contributed by atoms with Crippen LogP contribution in [0.2, 0.25) is 0 Å². The van der Waals surface area contributed by atoms with Gasteiger partial charge in [0.15, 0.2) is 5.78 Å². The van der Waals surface area contributed by atoms with Gasteiger partial charge in [0.1, 0.15) is 5.75 Å². The Morgan fingerprint density at radius 1 is 0.700 bits per heavy atom. The number of rotatable bonds is 16. The van der Waals surface area contributed by atoms with Gasteiger partial charge in [-0.15, -0.1) is 23.5 Å². The monoisotopic (exact) mass is 886 g/mol. The minimum Gasteiger partial charge on any atom is -0.508 e.